The number of amides is 3. The van der Waals surface area contributed by atoms with Gasteiger partial charge in [0.1, 0.15) is 11.3 Å². The van der Waals surface area contributed by atoms with Crippen molar-refractivity contribution in [2.45, 2.75) is 45.1 Å². The molecule has 172 valence electrons. The molecular formula is C24H37N3O4. The Morgan fingerprint density at radius 1 is 1.23 bits per heavy atom. The lowest BCUT2D eigenvalue weighted by Crippen LogP contribution is -2.57. The van der Waals surface area contributed by atoms with Crippen LogP contribution in [0.2, 0.25) is 0 Å². The van der Waals surface area contributed by atoms with Crippen LogP contribution in [0.1, 0.15) is 38.7 Å². The number of piperidine rings is 1. The lowest BCUT2D eigenvalue weighted by atomic mass is 9.73. The normalized spacial score (nSPS) is 23.8. The fourth-order valence-corrected chi connectivity index (χ4v) is 4.85. The van der Waals surface area contributed by atoms with Gasteiger partial charge in [0.25, 0.3) is 5.91 Å². The molecule has 31 heavy (non-hydrogen) atoms. The molecule has 2 aliphatic heterocycles. The second-order valence-electron chi connectivity index (χ2n) is 8.97. The molecule has 2 atom stereocenters. The summed E-state index contributed by atoms with van der Waals surface area (Å²) >= 11 is 0. The number of benzene rings is 1. The van der Waals surface area contributed by atoms with Crippen molar-refractivity contribution in [2.24, 2.45) is 11.8 Å². The van der Waals surface area contributed by atoms with Crippen LogP contribution in [-0.4, -0.2) is 74.3 Å². The van der Waals surface area contributed by atoms with Crippen molar-refractivity contribution >= 4 is 11.9 Å². The summed E-state index contributed by atoms with van der Waals surface area (Å²) in [5.74, 6) is 1.39. The van der Waals surface area contributed by atoms with E-state index in [1.807, 2.05) is 24.3 Å². The zero-order valence-electron chi connectivity index (χ0n) is 19.4. The highest BCUT2D eigenvalue weighted by atomic mass is 16.5. The summed E-state index contributed by atoms with van der Waals surface area (Å²) in [6, 6.07) is 7.47. The molecule has 1 aromatic carbocycles. The number of methoxy groups -OCH3 is 2. The zero-order chi connectivity index (χ0) is 22.4. The second-order valence-corrected chi connectivity index (χ2v) is 8.97. The van der Waals surface area contributed by atoms with Gasteiger partial charge in [0.05, 0.1) is 20.3 Å². The van der Waals surface area contributed by atoms with E-state index < -0.39 is 5.54 Å². The van der Waals surface area contributed by atoms with E-state index in [4.69, 9.17) is 9.47 Å². The Hall–Kier alpha value is -2.12. The maximum Gasteiger partial charge on any atom is 0.325 e. The minimum Gasteiger partial charge on any atom is -0.497 e. The van der Waals surface area contributed by atoms with Gasteiger partial charge in [0.15, 0.2) is 0 Å². The molecule has 0 spiro atoms. The van der Waals surface area contributed by atoms with Crippen LogP contribution in [0.15, 0.2) is 24.3 Å². The molecule has 3 rings (SSSR count). The highest BCUT2D eigenvalue weighted by Crippen LogP contribution is 2.37. The predicted molar refractivity (Wildman–Crippen MR) is 120 cm³/mol. The number of urea groups is 1. The van der Waals surface area contributed by atoms with Crippen LogP contribution < -0.4 is 10.1 Å². The standard InChI is InChI=1S/C24H37N3O4/c1-5-18(2)17-26-11-9-20(10-12-26)24(16-19-7-6-8-21(15-19)31-4)22(28)27(13-14-30-3)23(29)25-24/h6-8,15,18,20H,5,9-14,16-17H2,1-4H3,(H,25,29)/t18-,24+/m1/s1. The molecule has 0 unspecified atom stereocenters. The smallest absolute Gasteiger partial charge is 0.325 e. The minimum atomic E-state index is -0.917. The van der Waals surface area contributed by atoms with Gasteiger partial charge in [-0.05, 0) is 55.5 Å². The largest absolute Gasteiger partial charge is 0.497 e. The molecule has 0 saturated carbocycles. The van der Waals surface area contributed by atoms with Gasteiger partial charge in [-0.1, -0.05) is 32.4 Å². The maximum atomic E-state index is 13.6. The van der Waals surface area contributed by atoms with E-state index in [9.17, 15) is 9.59 Å². The van der Waals surface area contributed by atoms with Crippen LogP contribution in [-0.2, 0) is 16.0 Å². The SMILES string of the molecule is CC[C@@H](C)CN1CCC([C@]2(Cc3cccc(OC)c3)NC(=O)N(CCOC)C2=O)CC1. The number of rotatable bonds is 10. The number of nitrogens with one attached hydrogen (secondary N) is 1. The van der Waals surface area contributed by atoms with Crippen LogP contribution in [0.3, 0.4) is 0 Å². The van der Waals surface area contributed by atoms with E-state index >= 15 is 0 Å². The lowest BCUT2D eigenvalue weighted by molar-refractivity contribution is -0.134. The molecule has 0 aromatic heterocycles. The molecule has 7 nitrogen and oxygen atoms in total. The van der Waals surface area contributed by atoms with Crippen molar-refractivity contribution in [3.63, 3.8) is 0 Å². The van der Waals surface area contributed by atoms with E-state index in [0.717, 1.165) is 43.8 Å². The molecule has 2 fully saturated rings. The van der Waals surface area contributed by atoms with E-state index in [1.54, 1.807) is 14.2 Å². The quantitative estimate of drug-likeness (QED) is 0.577. The highest BCUT2D eigenvalue weighted by Gasteiger charge is 2.55. The summed E-state index contributed by atoms with van der Waals surface area (Å²) in [4.78, 5) is 30.3. The van der Waals surface area contributed by atoms with Gasteiger partial charge in [-0.25, -0.2) is 4.79 Å². The number of carbonyl (C=O) groups is 2. The van der Waals surface area contributed by atoms with E-state index in [1.165, 1.54) is 11.3 Å². The number of hydrogen-bond donors (Lipinski definition) is 1. The topological polar surface area (TPSA) is 71.1 Å². The molecule has 2 saturated heterocycles. The van der Waals surface area contributed by atoms with Gasteiger partial charge in [-0.15, -0.1) is 0 Å². The van der Waals surface area contributed by atoms with Gasteiger partial charge in [0, 0.05) is 20.1 Å². The van der Waals surface area contributed by atoms with E-state index in [0.29, 0.717) is 18.9 Å². The molecule has 0 aliphatic carbocycles. The summed E-state index contributed by atoms with van der Waals surface area (Å²) in [5.41, 5.74) is 0.0725. The number of carbonyl (C=O) groups excluding carboxylic acids is 2. The predicted octanol–water partition coefficient (Wildman–Crippen LogP) is 2.93. The Morgan fingerprint density at radius 2 is 1.97 bits per heavy atom. The first-order valence-electron chi connectivity index (χ1n) is 11.4. The minimum absolute atomic E-state index is 0.0934. The van der Waals surface area contributed by atoms with Gasteiger partial charge in [-0.3, -0.25) is 9.69 Å². The van der Waals surface area contributed by atoms with E-state index in [2.05, 4.69) is 24.1 Å². The molecule has 1 N–H and O–H groups in total. The van der Waals surface area contributed by atoms with Crippen molar-refractivity contribution in [3.8, 4) is 5.75 Å². The summed E-state index contributed by atoms with van der Waals surface area (Å²) < 4.78 is 10.5. The first-order chi connectivity index (χ1) is 14.9. The average Bonchev–Trinajstić information content (AvgIpc) is 3.02. The van der Waals surface area contributed by atoms with Crippen molar-refractivity contribution < 1.29 is 19.1 Å². The second kappa shape index (κ2) is 10.5. The molecule has 2 heterocycles. The van der Waals surface area contributed by atoms with Crippen LogP contribution in [0.4, 0.5) is 4.79 Å². The summed E-state index contributed by atoms with van der Waals surface area (Å²) in [6.45, 7) is 8.11. The molecular weight excluding hydrogens is 394 g/mol. The van der Waals surface area contributed by atoms with Gasteiger partial charge >= 0.3 is 6.03 Å². The maximum absolute atomic E-state index is 13.6. The number of hydrogen-bond acceptors (Lipinski definition) is 5. The van der Waals surface area contributed by atoms with Crippen LogP contribution >= 0.6 is 0 Å². The fraction of sp³-hybridized carbons (Fsp3) is 0.667. The average molecular weight is 432 g/mol. The Labute approximate surface area is 186 Å². The van der Waals surface area contributed by atoms with Crippen molar-refractivity contribution in [3.05, 3.63) is 29.8 Å². The molecule has 2 aliphatic rings. The number of nitrogens with zero attached hydrogens (tertiary/aromatic N) is 2. The Morgan fingerprint density at radius 3 is 2.61 bits per heavy atom. The Bertz CT molecular complexity index is 763. The number of ether oxygens (including phenoxy) is 2. The van der Waals surface area contributed by atoms with Crippen molar-refractivity contribution in [1.29, 1.82) is 0 Å². The third kappa shape index (κ3) is 5.21. The number of imide groups is 1. The molecule has 0 radical (unpaired) electrons. The Kier molecular flexibility index (Phi) is 7.94. The summed E-state index contributed by atoms with van der Waals surface area (Å²) in [6.07, 6.45) is 3.42. The van der Waals surface area contributed by atoms with Crippen molar-refractivity contribution in [1.82, 2.24) is 15.1 Å². The molecule has 0 bridgehead atoms. The zero-order valence-corrected chi connectivity index (χ0v) is 19.4. The van der Waals surface area contributed by atoms with Gasteiger partial charge in [0.2, 0.25) is 0 Å². The fourth-order valence-electron chi connectivity index (χ4n) is 4.85. The van der Waals surface area contributed by atoms with Crippen molar-refractivity contribution in [2.75, 3.05) is 47.0 Å². The molecule has 3 amide bonds. The Balaban J connectivity index is 1.83. The summed E-state index contributed by atoms with van der Waals surface area (Å²) in [5, 5.41) is 3.12. The lowest BCUT2D eigenvalue weighted by Gasteiger charge is -2.41. The number of likely N-dealkylation sites (tertiary alicyclic amines) is 1. The van der Waals surface area contributed by atoms with Crippen LogP contribution in [0, 0.1) is 11.8 Å². The third-order valence-electron chi connectivity index (χ3n) is 6.89. The molecule has 7 heteroatoms. The van der Waals surface area contributed by atoms with Gasteiger partial charge in [-0.2, -0.15) is 0 Å². The monoisotopic (exact) mass is 431 g/mol. The van der Waals surface area contributed by atoms with Crippen LogP contribution in [0.5, 0.6) is 5.75 Å². The van der Waals surface area contributed by atoms with Gasteiger partial charge < -0.3 is 19.7 Å². The highest BCUT2D eigenvalue weighted by molar-refractivity contribution is 6.07. The third-order valence-corrected chi connectivity index (χ3v) is 6.89. The van der Waals surface area contributed by atoms with Crippen LogP contribution in [0.25, 0.3) is 0 Å². The first kappa shape index (κ1) is 23.5. The summed E-state index contributed by atoms with van der Waals surface area (Å²) in [7, 11) is 3.21. The first-order valence-corrected chi connectivity index (χ1v) is 11.4. The molecule has 1 aromatic rings. The van der Waals surface area contributed by atoms with E-state index in [-0.39, 0.29) is 24.4 Å².